The minimum absolute atomic E-state index is 0.0944. The number of nitrogens with one attached hydrogen (secondary N) is 1. The van der Waals surface area contributed by atoms with Crippen LogP contribution in [0.2, 0.25) is 0 Å². The second kappa shape index (κ2) is 7.22. The number of fused-ring (bicyclic) bond motifs is 1. The highest BCUT2D eigenvalue weighted by atomic mass is 32.2. The van der Waals surface area contributed by atoms with Crippen molar-refractivity contribution < 1.29 is 27.4 Å². The van der Waals surface area contributed by atoms with Crippen LogP contribution in [-0.2, 0) is 14.8 Å². The first-order valence-corrected chi connectivity index (χ1v) is 9.15. The van der Waals surface area contributed by atoms with Crippen LogP contribution in [0.1, 0.15) is 0 Å². The van der Waals surface area contributed by atoms with Crippen LogP contribution in [0.4, 0.5) is 5.69 Å². The molecule has 9 heteroatoms. The van der Waals surface area contributed by atoms with Gasteiger partial charge in [0, 0.05) is 25.8 Å². The summed E-state index contributed by atoms with van der Waals surface area (Å²) in [5.41, 5.74) is 0.368. The van der Waals surface area contributed by atoms with Crippen molar-refractivity contribution in [3.8, 4) is 17.2 Å². The molecule has 138 valence electrons. The van der Waals surface area contributed by atoms with E-state index in [2.05, 4.69) is 5.32 Å². The van der Waals surface area contributed by atoms with E-state index in [0.29, 0.717) is 22.9 Å². The van der Waals surface area contributed by atoms with Gasteiger partial charge in [0.1, 0.15) is 5.75 Å². The third kappa shape index (κ3) is 3.89. The molecule has 1 heterocycles. The van der Waals surface area contributed by atoms with Crippen LogP contribution >= 0.6 is 0 Å². The molecule has 0 aliphatic carbocycles. The average Bonchev–Trinajstić information content (AvgIpc) is 3.08. The Morgan fingerprint density at radius 3 is 2.69 bits per heavy atom. The molecule has 0 spiro atoms. The Morgan fingerprint density at radius 2 is 1.92 bits per heavy atom. The lowest BCUT2D eigenvalue weighted by molar-refractivity contribution is -0.118. The highest BCUT2D eigenvalue weighted by Gasteiger charge is 2.18. The Hall–Kier alpha value is -2.78. The zero-order valence-electron chi connectivity index (χ0n) is 14.3. The molecule has 2 aromatic rings. The number of carbonyl (C=O) groups excluding carboxylic acids is 1. The van der Waals surface area contributed by atoms with Crippen molar-refractivity contribution in [2.45, 2.75) is 4.90 Å². The van der Waals surface area contributed by atoms with Crippen molar-refractivity contribution in [1.82, 2.24) is 4.31 Å². The van der Waals surface area contributed by atoms with Gasteiger partial charge in [0.15, 0.2) is 18.1 Å². The quantitative estimate of drug-likeness (QED) is 0.822. The predicted octanol–water partition coefficient (Wildman–Crippen LogP) is 1.68. The SMILES string of the molecule is CN(C)S(=O)(=O)c1cccc(NC(=O)COc2ccc3c(c2)OCO3)c1. The Bertz CT molecular complexity index is 927. The van der Waals surface area contributed by atoms with Crippen LogP contribution in [0.5, 0.6) is 17.2 Å². The van der Waals surface area contributed by atoms with Crippen molar-refractivity contribution in [3.63, 3.8) is 0 Å². The molecule has 0 radical (unpaired) electrons. The minimum atomic E-state index is -3.57. The van der Waals surface area contributed by atoms with Crippen molar-refractivity contribution in [2.24, 2.45) is 0 Å². The number of rotatable bonds is 6. The smallest absolute Gasteiger partial charge is 0.262 e. The van der Waals surface area contributed by atoms with E-state index in [9.17, 15) is 13.2 Å². The third-order valence-electron chi connectivity index (χ3n) is 3.61. The van der Waals surface area contributed by atoms with Gasteiger partial charge in [-0.05, 0) is 30.3 Å². The van der Waals surface area contributed by atoms with E-state index in [-0.39, 0.29) is 18.3 Å². The predicted molar refractivity (Wildman–Crippen MR) is 94.0 cm³/mol. The molecule has 0 atom stereocenters. The number of carbonyl (C=O) groups is 1. The molecule has 0 bridgehead atoms. The number of anilines is 1. The summed E-state index contributed by atoms with van der Waals surface area (Å²) in [6.45, 7) is -0.0736. The molecule has 26 heavy (non-hydrogen) atoms. The van der Waals surface area contributed by atoms with Gasteiger partial charge in [-0.1, -0.05) is 6.07 Å². The van der Waals surface area contributed by atoms with E-state index in [4.69, 9.17) is 14.2 Å². The first-order valence-electron chi connectivity index (χ1n) is 7.71. The third-order valence-corrected chi connectivity index (χ3v) is 5.42. The number of amides is 1. The molecule has 0 aromatic heterocycles. The summed E-state index contributed by atoms with van der Waals surface area (Å²) in [5, 5.41) is 2.61. The maximum absolute atomic E-state index is 12.1. The van der Waals surface area contributed by atoms with Gasteiger partial charge >= 0.3 is 0 Å². The van der Waals surface area contributed by atoms with E-state index >= 15 is 0 Å². The maximum Gasteiger partial charge on any atom is 0.262 e. The van der Waals surface area contributed by atoms with Crippen LogP contribution in [0, 0.1) is 0 Å². The molecule has 1 aliphatic heterocycles. The molecule has 1 N–H and O–H groups in total. The molecule has 3 rings (SSSR count). The molecule has 0 saturated carbocycles. The summed E-state index contributed by atoms with van der Waals surface area (Å²) in [5.74, 6) is 1.24. The molecule has 8 nitrogen and oxygen atoms in total. The standard InChI is InChI=1S/C17H18N2O6S/c1-19(2)26(21,22)14-5-3-4-12(8-14)18-17(20)10-23-13-6-7-15-16(9-13)25-11-24-15/h3-9H,10-11H2,1-2H3,(H,18,20). The van der Waals surface area contributed by atoms with E-state index in [1.54, 1.807) is 30.3 Å². The summed E-state index contributed by atoms with van der Waals surface area (Å²) >= 11 is 0. The van der Waals surface area contributed by atoms with Crippen LogP contribution in [-0.4, -0.2) is 46.1 Å². The van der Waals surface area contributed by atoms with Crippen LogP contribution < -0.4 is 19.5 Å². The first kappa shape index (κ1) is 18.0. The zero-order chi connectivity index (χ0) is 18.7. The second-order valence-corrected chi connectivity index (χ2v) is 7.82. The molecule has 2 aromatic carbocycles. The molecular weight excluding hydrogens is 360 g/mol. The fourth-order valence-electron chi connectivity index (χ4n) is 2.26. The summed E-state index contributed by atoms with van der Waals surface area (Å²) in [6, 6.07) is 11.0. The number of hydrogen-bond donors (Lipinski definition) is 1. The molecule has 0 fully saturated rings. The monoisotopic (exact) mass is 378 g/mol. The Morgan fingerprint density at radius 1 is 1.15 bits per heavy atom. The minimum Gasteiger partial charge on any atom is -0.484 e. The van der Waals surface area contributed by atoms with Gasteiger partial charge in [0.2, 0.25) is 16.8 Å². The van der Waals surface area contributed by atoms with Crippen LogP contribution in [0.25, 0.3) is 0 Å². The number of ether oxygens (including phenoxy) is 3. The molecule has 1 aliphatic rings. The fourth-order valence-corrected chi connectivity index (χ4v) is 3.21. The largest absolute Gasteiger partial charge is 0.484 e. The molecule has 0 unspecified atom stereocenters. The Balaban J connectivity index is 1.62. The van der Waals surface area contributed by atoms with Gasteiger partial charge in [0.05, 0.1) is 4.90 Å². The van der Waals surface area contributed by atoms with E-state index in [0.717, 1.165) is 4.31 Å². The lowest BCUT2D eigenvalue weighted by Crippen LogP contribution is -2.23. The first-order chi connectivity index (χ1) is 12.4. The fraction of sp³-hybridized carbons (Fsp3) is 0.235. The van der Waals surface area contributed by atoms with Crippen LogP contribution in [0.15, 0.2) is 47.4 Å². The van der Waals surface area contributed by atoms with E-state index in [1.807, 2.05) is 0 Å². The normalized spacial score (nSPS) is 12.9. The Labute approximate surface area is 151 Å². The lowest BCUT2D eigenvalue weighted by Gasteiger charge is -2.13. The number of sulfonamides is 1. The molecular formula is C17H18N2O6S. The highest BCUT2D eigenvalue weighted by molar-refractivity contribution is 7.89. The number of hydrogen-bond acceptors (Lipinski definition) is 6. The van der Waals surface area contributed by atoms with Gasteiger partial charge < -0.3 is 19.5 Å². The van der Waals surface area contributed by atoms with Crippen molar-refractivity contribution >= 4 is 21.6 Å². The number of benzene rings is 2. The maximum atomic E-state index is 12.1. The van der Waals surface area contributed by atoms with E-state index < -0.39 is 15.9 Å². The summed E-state index contributed by atoms with van der Waals surface area (Å²) in [7, 11) is -0.683. The Kier molecular flexibility index (Phi) is 5.01. The van der Waals surface area contributed by atoms with Crippen molar-refractivity contribution in [2.75, 3.05) is 32.8 Å². The number of nitrogens with zero attached hydrogens (tertiary/aromatic N) is 1. The topological polar surface area (TPSA) is 94.2 Å². The van der Waals surface area contributed by atoms with Crippen molar-refractivity contribution in [1.29, 1.82) is 0 Å². The van der Waals surface area contributed by atoms with E-state index in [1.165, 1.54) is 26.2 Å². The average molecular weight is 378 g/mol. The van der Waals surface area contributed by atoms with Gasteiger partial charge in [-0.25, -0.2) is 12.7 Å². The summed E-state index contributed by atoms with van der Waals surface area (Å²) in [4.78, 5) is 12.2. The van der Waals surface area contributed by atoms with Crippen LogP contribution in [0.3, 0.4) is 0 Å². The van der Waals surface area contributed by atoms with Gasteiger partial charge in [-0.2, -0.15) is 0 Å². The molecule has 0 saturated heterocycles. The molecule has 1 amide bonds. The van der Waals surface area contributed by atoms with Gasteiger partial charge in [-0.3, -0.25) is 4.79 Å². The van der Waals surface area contributed by atoms with Gasteiger partial charge in [-0.15, -0.1) is 0 Å². The van der Waals surface area contributed by atoms with Crippen molar-refractivity contribution in [3.05, 3.63) is 42.5 Å². The lowest BCUT2D eigenvalue weighted by atomic mass is 10.3. The van der Waals surface area contributed by atoms with Gasteiger partial charge in [0.25, 0.3) is 5.91 Å². The highest BCUT2D eigenvalue weighted by Crippen LogP contribution is 2.35. The second-order valence-electron chi connectivity index (χ2n) is 5.67. The zero-order valence-corrected chi connectivity index (χ0v) is 15.1. The summed E-state index contributed by atoms with van der Waals surface area (Å²) in [6.07, 6.45) is 0. The summed E-state index contributed by atoms with van der Waals surface area (Å²) < 4.78 is 41.3.